The van der Waals surface area contributed by atoms with Gasteiger partial charge in [-0.15, -0.1) is 0 Å². The van der Waals surface area contributed by atoms with E-state index in [0.717, 1.165) is 56.4 Å². The molecule has 2 aliphatic rings. The van der Waals surface area contributed by atoms with Gasteiger partial charge in [-0.1, -0.05) is 56.3 Å². The Morgan fingerprint density at radius 2 is 1.76 bits per heavy atom. The second-order valence-corrected chi connectivity index (χ2v) is 12.2. The molecule has 1 atom stereocenters. The van der Waals surface area contributed by atoms with Crippen molar-refractivity contribution >= 4 is 39.4 Å². The van der Waals surface area contributed by atoms with Gasteiger partial charge in [0.2, 0.25) is 0 Å². The molecule has 1 unspecified atom stereocenters. The van der Waals surface area contributed by atoms with Crippen molar-refractivity contribution in [1.82, 2.24) is 0 Å². The molecular weight excluding hydrogens is 524 g/mol. The summed E-state index contributed by atoms with van der Waals surface area (Å²) in [6.45, 7) is 8.22. The summed E-state index contributed by atoms with van der Waals surface area (Å²) in [6, 6.07) is 23.7. The molecule has 0 bridgehead atoms. The van der Waals surface area contributed by atoms with Crippen LogP contribution in [0.25, 0.3) is 16.3 Å². The van der Waals surface area contributed by atoms with E-state index in [1.165, 1.54) is 5.56 Å². The molecule has 4 aromatic rings. The first kappa shape index (κ1) is 27.6. The average Bonchev–Trinajstić information content (AvgIpc) is 2.96. The Morgan fingerprint density at radius 1 is 0.952 bits per heavy atom. The Labute approximate surface area is 246 Å². The summed E-state index contributed by atoms with van der Waals surface area (Å²) in [5, 5.41) is 8.88. The Kier molecular flexibility index (Phi) is 7.01. The fraction of sp³-hybridized carbons (Fsp3) is 0.278. The number of fused-ring (bicyclic) bond motifs is 4. The molecule has 214 valence electrons. The molecule has 6 heteroatoms. The van der Waals surface area contributed by atoms with Gasteiger partial charge < -0.3 is 20.1 Å². The maximum Gasteiger partial charge on any atom is 0.262 e. The van der Waals surface area contributed by atoms with Gasteiger partial charge in [0.15, 0.2) is 23.9 Å². The summed E-state index contributed by atoms with van der Waals surface area (Å²) in [5.41, 5.74) is 7.87. The standard InChI is InChI=1S/C36H36N2O4/c1-21-10-13-25(16-22(21)2)37-32(40)20-42-30-15-12-24(17-31(30)41-5)35-34-27(18-36(3,4)19-29(34)39)33-26-9-7-6-8-23(26)11-14-28(33)38-35/h6-17,35,38H,18-20H2,1-5H3,(H,37,40). The molecule has 0 spiro atoms. The first-order chi connectivity index (χ1) is 20.1. The number of hydrogen-bond acceptors (Lipinski definition) is 5. The molecule has 0 saturated heterocycles. The van der Waals surface area contributed by atoms with Crippen LogP contribution in [0.15, 0.2) is 78.4 Å². The normalized spacial score (nSPS) is 17.3. The van der Waals surface area contributed by atoms with Crippen molar-refractivity contribution < 1.29 is 19.1 Å². The number of aryl methyl sites for hydroxylation is 2. The molecule has 6 rings (SSSR count). The van der Waals surface area contributed by atoms with Crippen LogP contribution >= 0.6 is 0 Å². The molecule has 4 aromatic carbocycles. The molecule has 0 saturated carbocycles. The number of carbonyl (C=O) groups excluding carboxylic acids is 2. The van der Waals surface area contributed by atoms with Crippen LogP contribution in [-0.4, -0.2) is 25.4 Å². The average molecular weight is 561 g/mol. The Morgan fingerprint density at radius 3 is 2.55 bits per heavy atom. The van der Waals surface area contributed by atoms with Crippen LogP contribution in [0, 0.1) is 19.3 Å². The number of benzene rings is 4. The zero-order valence-corrected chi connectivity index (χ0v) is 24.8. The topological polar surface area (TPSA) is 76.7 Å². The smallest absolute Gasteiger partial charge is 0.262 e. The minimum Gasteiger partial charge on any atom is -0.493 e. The number of anilines is 2. The van der Waals surface area contributed by atoms with Crippen molar-refractivity contribution in [3.8, 4) is 11.5 Å². The number of nitrogens with one attached hydrogen (secondary N) is 2. The molecule has 42 heavy (non-hydrogen) atoms. The van der Waals surface area contributed by atoms with Gasteiger partial charge >= 0.3 is 0 Å². The fourth-order valence-electron chi connectivity index (χ4n) is 6.23. The van der Waals surface area contributed by atoms with Crippen molar-refractivity contribution in [2.45, 2.75) is 46.6 Å². The SMILES string of the molecule is COc1cc(C2Nc3ccc4ccccc4c3C3=C2C(=O)CC(C)(C)C3)ccc1OCC(=O)Nc1ccc(C)c(C)c1. The molecule has 6 nitrogen and oxygen atoms in total. The van der Waals surface area contributed by atoms with Crippen LogP contribution in [0.5, 0.6) is 11.5 Å². The zero-order valence-electron chi connectivity index (χ0n) is 24.8. The highest BCUT2D eigenvalue weighted by molar-refractivity contribution is 6.12. The number of carbonyl (C=O) groups is 2. The van der Waals surface area contributed by atoms with Gasteiger partial charge in [0.1, 0.15) is 0 Å². The first-order valence-electron chi connectivity index (χ1n) is 14.4. The number of methoxy groups -OCH3 is 1. The molecule has 1 aliphatic carbocycles. The van der Waals surface area contributed by atoms with E-state index in [0.29, 0.717) is 17.9 Å². The number of ketones is 1. The van der Waals surface area contributed by atoms with E-state index in [4.69, 9.17) is 9.47 Å². The van der Waals surface area contributed by atoms with Crippen molar-refractivity contribution in [3.05, 3.63) is 101 Å². The van der Waals surface area contributed by atoms with Crippen LogP contribution in [0.1, 0.15) is 55.0 Å². The van der Waals surface area contributed by atoms with Crippen LogP contribution in [0.4, 0.5) is 11.4 Å². The van der Waals surface area contributed by atoms with E-state index in [-0.39, 0.29) is 29.8 Å². The van der Waals surface area contributed by atoms with Gasteiger partial charge in [-0.25, -0.2) is 0 Å². The van der Waals surface area contributed by atoms with Gasteiger partial charge in [0.05, 0.1) is 13.2 Å². The van der Waals surface area contributed by atoms with Crippen molar-refractivity contribution in [3.63, 3.8) is 0 Å². The van der Waals surface area contributed by atoms with E-state index in [2.05, 4.69) is 54.8 Å². The fourth-order valence-corrected chi connectivity index (χ4v) is 6.23. The van der Waals surface area contributed by atoms with Gasteiger partial charge in [-0.2, -0.15) is 0 Å². The number of hydrogen-bond donors (Lipinski definition) is 2. The van der Waals surface area contributed by atoms with Crippen molar-refractivity contribution in [1.29, 1.82) is 0 Å². The van der Waals surface area contributed by atoms with Crippen molar-refractivity contribution in [2.24, 2.45) is 5.41 Å². The van der Waals surface area contributed by atoms with Crippen LogP contribution < -0.4 is 20.1 Å². The Hall–Kier alpha value is -4.58. The minimum absolute atomic E-state index is 0.126. The van der Waals surface area contributed by atoms with Crippen LogP contribution in [0.2, 0.25) is 0 Å². The highest BCUT2D eigenvalue weighted by Crippen LogP contribution is 2.52. The van der Waals surface area contributed by atoms with E-state index < -0.39 is 0 Å². The van der Waals surface area contributed by atoms with Crippen LogP contribution in [-0.2, 0) is 9.59 Å². The van der Waals surface area contributed by atoms with E-state index in [9.17, 15) is 9.59 Å². The zero-order chi connectivity index (χ0) is 29.6. The second-order valence-electron chi connectivity index (χ2n) is 12.2. The summed E-state index contributed by atoms with van der Waals surface area (Å²) in [4.78, 5) is 26.4. The largest absolute Gasteiger partial charge is 0.493 e. The lowest BCUT2D eigenvalue weighted by Gasteiger charge is -2.40. The summed E-state index contributed by atoms with van der Waals surface area (Å²) < 4.78 is 11.6. The molecule has 1 heterocycles. The minimum atomic E-state index is -0.326. The summed E-state index contributed by atoms with van der Waals surface area (Å²) in [6.07, 6.45) is 1.32. The Bertz CT molecular complexity index is 1770. The maximum absolute atomic E-state index is 13.8. The van der Waals surface area contributed by atoms with Gasteiger partial charge in [0.25, 0.3) is 5.91 Å². The molecule has 2 N–H and O–H groups in total. The predicted octanol–water partition coefficient (Wildman–Crippen LogP) is 7.79. The summed E-state index contributed by atoms with van der Waals surface area (Å²) in [7, 11) is 1.58. The number of Topliss-reactive ketones (excluding diaryl/α,β-unsaturated/α-hetero) is 1. The number of rotatable bonds is 6. The van der Waals surface area contributed by atoms with Gasteiger partial charge in [-0.05, 0) is 89.1 Å². The quantitative estimate of drug-likeness (QED) is 0.252. The number of ether oxygens (including phenoxy) is 2. The molecule has 1 aliphatic heterocycles. The summed E-state index contributed by atoms with van der Waals surface area (Å²) in [5.74, 6) is 0.874. The summed E-state index contributed by atoms with van der Waals surface area (Å²) >= 11 is 0. The number of amides is 1. The third-order valence-electron chi connectivity index (χ3n) is 8.41. The number of allylic oxidation sites excluding steroid dienone is 1. The lowest BCUT2D eigenvalue weighted by Crippen LogP contribution is -2.33. The van der Waals surface area contributed by atoms with E-state index in [1.54, 1.807) is 7.11 Å². The third kappa shape index (κ3) is 5.13. The monoisotopic (exact) mass is 560 g/mol. The van der Waals surface area contributed by atoms with E-state index >= 15 is 0 Å². The van der Waals surface area contributed by atoms with Crippen LogP contribution in [0.3, 0.4) is 0 Å². The first-order valence-corrected chi connectivity index (χ1v) is 14.4. The highest BCUT2D eigenvalue weighted by Gasteiger charge is 2.41. The predicted molar refractivity (Wildman–Crippen MR) is 168 cm³/mol. The molecule has 0 radical (unpaired) electrons. The third-order valence-corrected chi connectivity index (χ3v) is 8.41. The lowest BCUT2D eigenvalue weighted by molar-refractivity contribution is -0.118. The molecule has 0 aromatic heterocycles. The molecule has 1 amide bonds. The lowest BCUT2D eigenvalue weighted by atomic mass is 9.68. The van der Waals surface area contributed by atoms with Gasteiger partial charge in [0, 0.05) is 28.9 Å². The van der Waals surface area contributed by atoms with E-state index in [1.807, 2.05) is 56.3 Å². The van der Waals surface area contributed by atoms with Gasteiger partial charge in [-0.3, -0.25) is 9.59 Å². The molecular formula is C36H36N2O4. The second kappa shape index (κ2) is 10.7. The van der Waals surface area contributed by atoms with Crippen molar-refractivity contribution in [2.75, 3.05) is 24.4 Å². The Balaban J connectivity index is 1.31. The maximum atomic E-state index is 13.8. The molecule has 0 fully saturated rings. The highest BCUT2D eigenvalue weighted by atomic mass is 16.5.